The lowest BCUT2D eigenvalue weighted by molar-refractivity contribution is -0.115. The molecule has 0 saturated carbocycles. The number of benzene rings is 2. The molecule has 4 rings (SSSR count). The van der Waals surface area contributed by atoms with Gasteiger partial charge in [0.2, 0.25) is 5.91 Å². The number of carbonyl (C=O) groups is 1. The van der Waals surface area contributed by atoms with Crippen molar-refractivity contribution in [3.63, 3.8) is 0 Å². The van der Waals surface area contributed by atoms with Crippen molar-refractivity contribution in [2.75, 3.05) is 11.9 Å². The van der Waals surface area contributed by atoms with E-state index in [1.165, 1.54) is 11.3 Å². The molecule has 0 radical (unpaired) electrons. The number of amides is 1. The second-order valence-electron chi connectivity index (χ2n) is 6.91. The number of nitrogens with one attached hydrogen (secondary N) is 1. The van der Waals surface area contributed by atoms with Gasteiger partial charge in [-0.15, -0.1) is 11.3 Å². The highest BCUT2D eigenvalue weighted by atomic mass is 35.5. The number of anilines is 1. The monoisotopic (exact) mass is 486 g/mol. The lowest BCUT2D eigenvalue weighted by Crippen LogP contribution is -2.18. The Kier molecular flexibility index (Phi) is 7.09. The second kappa shape index (κ2) is 10.2. The first-order valence-electron chi connectivity index (χ1n) is 9.95. The van der Waals surface area contributed by atoms with Crippen LogP contribution in [0.2, 0.25) is 10.0 Å². The first-order valence-corrected chi connectivity index (χ1v) is 11.6. The number of hydrogen-bond donors (Lipinski definition) is 1. The van der Waals surface area contributed by atoms with Crippen molar-refractivity contribution in [2.45, 2.75) is 19.9 Å². The Morgan fingerprint density at radius 1 is 1.19 bits per heavy atom. The number of rotatable bonds is 8. The van der Waals surface area contributed by atoms with Gasteiger partial charge in [0.25, 0.3) is 0 Å². The van der Waals surface area contributed by atoms with E-state index in [1.54, 1.807) is 29.1 Å². The van der Waals surface area contributed by atoms with Crippen molar-refractivity contribution in [2.24, 2.45) is 0 Å². The van der Waals surface area contributed by atoms with Crippen LogP contribution in [0, 0.1) is 0 Å². The topological polar surface area (TPSA) is 69.0 Å². The molecule has 9 heteroatoms. The summed E-state index contributed by atoms with van der Waals surface area (Å²) in [4.78, 5) is 17.3. The van der Waals surface area contributed by atoms with Gasteiger partial charge < -0.3 is 10.1 Å². The first-order chi connectivity index (χ1) is 15.5. The zero-order valence-electron chi connectivity index (χ0n) is 17.2. The van der Waals surface area contributed by atoms with Crippen LogP contribution >= 0.6 is 34.5 Å². The minimum Gasteiger partial charge on any atom is -0.493 e. The van der Waals surface area contributed by atoms with E-state index < -0.39 is 0 Å². The molecular formula is C23H20Cl2N4O2S. The third-order valence-electron chi connectivity index (χ3n) is 4.63. The quantitative estimate of drug-likeness (QED) is 0.334. The van der Waals surface area contributed by atoms with Crippen molar-refractivity contribution in [1.29, 1.82) is 0 Å². The molecular weight excluding hydrogens is 467 g/mol. The number of halogens is 2. The molecule has 0 aliphatic rings. The molecule has 1 N–H and O–H groups in total. The number of para-hydroxylation sites is 1. The molecule has 6 nitrogen and oxygen atoms in total. The SMILES string of the molecule is CCOc1ccccc1-c1nc(CC(=O)Nc2ccnn2Cc2ccc(Cl)cc2Cl)cs1. The molecule has 164 valence electrons. The second-order valence-corrected chi connectivity index (χ2v) is 8.61. The van der Waals surface area contributed by atoms with Crippen LogP contribution in [0.25, 0.3) is 10.6 Å². The van der Waals surface area contributed by atoms with E-state index in [9.17, 15) is 4.79 Å². The standard InChI is InChI=1S/C23H20Cl2N4O2S/c1-2-31-20-6-4-3-5-18(20)23-27-17(14-32-23)12-22(30)28-21-9-10-26-29(21)13-15-7-8-16(24)11-19(15)25/h3-11,14H,2,12-13H2,1H3,(H,28,30). The Balaban J connectivity index is 1.43. The highest BCUT2D eigenvalue weighted by Crippen LogP contribution is 2.32. The van der Waals surface area contributed by atoms with E-state index >= 15 is 0 Å². The summed E-state index contributed by atoms with van der Waals surface area (Å²) in [6.45, 7) is 2.93. The Morgan fingerprint density at radius 3 is 2.84 bits per heavy atom. The van der Waals surface area contributed by atoms with Gasteiger partial charge in [-0.05, 0) is 36.8 Å². The molecule has 0 aliphatic heterocycles. The molecule has 0 fully saturated rings. The van der Waals surface area contributed by atoms with E-state index in [4.69, 9.17) is 27.9 Å². The lowest BCUT2D eigenvalue weighted by atomic mass is 10.2. The van der Waals surface area contributed by atoms with E-state index in [0.29, 0.717) is 34.7 Å². The summed E-state index contributed by atoms with van der Waals surface area (Å²) in [7, 11) is 0. The van der Waals surface area contributed by atoms with Gasteiger partial charge in [-0.3, -0.25) is 4.79 Å². The van der Waals surface area contributed by atoms with Gasteiger partial charge in [-0.2, -0.15) is 5.10 Å². The maximum absolute atomic E-state index is 12.7. The number of aromatic nitrogens is 3. The number of thiazole rings is 1. The van der Waals surface area contributed by atoms with Gasteiger partial charge in [0.1, 0.15) is 16.6 Å². The van der Waals surface area contributed by atoms with E-state index in [2.05, 4.69) is 15.4 Å². The minimum absolute atomic E-state index is 0.153. The number of ether oxygens (including phenoxy) is 1. The summed E-state index contributed by atoms with van der Waals surface area (Å²) in [6.07, 6.45) is 1.78. The van der Waals surface area contributed by atoms with Crippen LogP contribution in [0.5, 0.6) is 5.75 Å². The molecule has 2 aromatic carbocycles. The fourth-order valence-corrected chi connectivity index (χ4v) is 4.48. The van der Waals surface area contributed by atoms with Gasteiger partial charge in [-0.1, -0.05) is 41.4 Å². The summed E-state index contributed by atoms with van der Waals surface area (Å²) in [6, 6.07) is 14.8. The lowest BCUT2D eigenvalue weighted by Gasteiger charge is -2.10. The van der Waals surface area contributed by atoms with Crippen molar-refractivity contribution in [3.05, 3.63) is 81.4 Å². The molecule has 0 bridgehead atoms. The third kappa shape index (κ3) is 5.30. The number of carbonyl (C=O) groups excluding carboxylic acids is 1. The smallest absolute Gasteiger partial charge is 0.231 e. The maximum Gasteiger partial charge on any atom is 0.231 e. The molecule has 0 spiro atoms. The molecule has 2 aromatic heterocycles. The van der Waals surface area contributed by atoms with Gasteiger partial charge in [-0.25, -0.2) is 9.67 Å². The summed E-state index contributed by atoms with van der Waals surface area (Å²) < 4.78 is 7.37. The highest BCUT2D eigenvalue weighted by molar-refractivity contribution is 7.13. The van der Waals surface area contributed by atoms with Gasteiger partial charge in [0.15, 0.2) is 0 Å². The third-order valence-corrected chi connectivity index (χ3v) is 6.14. The van der Waals surface area contributed by atoms with Gasteiger partial charge >= 0.3 is 0 Å². The van der Waals surface area contributed by atoms with Crippen molar-refractivity contribution < 1.29 is 9.53 Å². The molecule has 2 heterocycles. The molecule has 0 atom stereocenters. The van der Waals surface area contributed by atoms with Crippen molar-refractivity contribution in [3.8, 4) is 16.3 Å². The number of hydrogen-bond acceptors (Lipinski definition) is 5. The van der Waals surface area contributed by atoms with Crippen LogP contribution in [-0.2, 0) is 17.8 Å². The minimum atomic E-state index is -0.177. The Bertz CT molecular complexity index is 1240. The predicted octanol–water partition coefficient (Wildman–Crippen LogP) is 5.94. The molecule has 32 heavy (non-hydrogen) atoms. The zero-order chi connectivity index (χ0) is 22.5. The van der Waals surface area contributed by atoms with Crippen LogP contribution in [-0.4, -0.2) is 27.3 Å². The van der Waals surface area contributed by atoms with Crippen LogP contribution < -0.4 is 10.1 Å². The summed E-state index contributed by atoms with van der Waals surface area (Å²) in [5, 5.41) is 11.0. The highest BCUT2D eigenvalue weighted by Gasteiger charge is 2.14. The normalized spacial score (nSPS) is 10.8. The average molecular weight is 487 g/mol. The Labute approximate surface area is 199 Å². The maximum atomic E-state index is 12.7. The Hall–Kier alpha value is -2.87. The van der Waals surface area contributed by atoms with Gasteiger partial charge in [0.05, 0.1) is 37.0 Å². The van der Waals surface area contributed by atoms with E-state index in [0.717, 1.165) is 21.9 Å². The summed E-state index contributed by atoms with van der Waals surface area (Å²) in [5.74, 6) is 1.19. The molecule has 1 amide bonds. The van der Waals surface area contributed by atoms with Crippen LogP contribution in [0.1, 0.15) is 18.2 Å². The van der Waals surface area contributed by atoms with Crippen LogP contribution in [0.3, 0.4) is 0 Å². The van der Waals surface area contributed by atoms with E-state index in [1.807, 2.05) is 42.6 Å². The van der Waals surface area contributed by atoms with Crippen LogP contribution in [0.15, 0.2) is 60.1 Å². The zero-order valence-corrected chi connectivity index (χ0v) is 19.5. The Morgan fingerprint density at radius 2 is 2.03 bits per heavy atom. The predicted molar refractivity (Wildman–Crippen MR) is 129 cm³/mol. The summed E-state index contributed by atoms with van der Waals surface area (Å²) >= 11 is 13.7. The molecule has 0 saturated heterocycles. The number of nitrogens with zero attached hydrogens (tertiary/aromatic N) is 3. The fourth-order valence-electron chi connectivity index (χ4n) is 3.16. The van der Waals surface area contributed by atoms with E-state index in [-0.39, 0.29) is 12.3 Å². The van der Waals surface area contributed by atoms with Crippen molar-refractivity contribution in [1.82, 2.24) is 14.8 Å². The molecule has 0 unspecified atom stereocenters. The first kappa shape index (κ1) is 22.3. The largest absolute Gasteiger partial charge is 0.493 e. The molecule has 4 aromatic rings. The molecule has 0 aliphatic carbocycles. The van der Waals surface area contributed by atoms with Gasteiger partial charge in [0, 0.05) is 21.5 Å². The fraction of sp³-hybridized carbons (Fsp3) is 0.174. The average Bonchev–Trinajstić information content (AvgIpc) is 3.40. The van der Waals surface area contributed by atoms with Crippen LogP contribution in [0.4, 0.5) is 5.82 Å². The van der Waals surface area contributed by atoms with Crippen molar-refractivity contribution >= 4 is 46.3 Å². The summed E-state index contributed by atoms with van der Waals surface area (Å²) in [5.41, 5.74) is 2.47.